The summed E-state index contributed by atoms with van der Waals surface area (Å²) in [4.78, 5) is 23.5. The number of aliphatic hydroxyl groups is 7. The minimum atomic E-state index is -5.16. The summed E-state index contributed by atoms with van der Waals surface area (Å²) < 4.78 is 22.9. The normalized spacial score (nSPS) is 22.6. The molecule has 0 radical (unpaired) electrons. The third-order valence-corrected chi connectivity index (χ3v) is 13.7. The highest BCUT2D eigenvalue weighted by atomic mass is 31.2. The molecule has 0 aliphatic heterocycles. The number of nitrogens with one attached hydrogen (secondary N) is 1. The number of phosphoric acid groups is 1. The van der Waals surface area contributed by atoms with Crippen LogP contribution in [0.2, 0.25) is 0 Å². The van der Waals surface area contributed by atoms with Gasteiger partial charge in [0.1, 0.15) is 36.6 Å². The van der Waals surface area contributed by atoms with Crippen molar-refractivity contribution in [3.63, 3.8) is 0 Å². The van der Waals surface area contributed by atoms with Crippen LogP contribution in [-0.4, -0.2) is 108 Å². The number of hydrogen-bond donors (Lipinski definition) is 9. The Kier molecular flexibility index (Phi) is 39.1. The Labute approximate surface area is 400 Å². The quantitative estimate of drug-likeness (QED) is 0.0158. The van der Waals surface area contributed by atoms with Gasteiger partial charge in [0.15, 0.2) is 0 Å². The van der Waals surface area contributed by atoms with Gasteiger partial charge in [-0.15, -0.1) is 0 Å². The zero-order valence-electron chi connectivity index (χ0n) is 41.4. The second-order valence-corrected chi connectivity index (χ2v) is 20.3. The molecule has 14 heteroatoms. The highest BCUT2D eigenvalue weighted by Crippen LogP contribution is 2.47. The summed E-state index contributed by atoms with van der Waals surface area (Å²) in [6.45, 7) is 3.75. The summed E-state index contributed by atoms with van der Waals surface area (Å²) in [5.74, 6) is -0.604. The average Bonchev–Trinajstić information content (AvgIpc) is 3.29. The van der Waals surface area contributed by atoms with Gasteiger partial charge in [-0.1, -0.05) is 211 Å². The molecule has 13 nitrogen and oxygen atoms in total. The van der Waals surface area contributed by atoms with Crippen molar-refractivity contribution >= 4 is 13.7 Å². The maximum Gasteiger partial charge on any atom is 0.472 e. The van der Waals surface area contributed by atoms with E-state index in [1.807, 2.05) is 0 Å². The van der Waals surface area contributed by atoms with Gasteiger partial charge < -0.3 is 46.0 Å². The van der Waals surface area contributed by atoms with Gasteiger partial charge in [-0.25, -0.2) is 4.57 Å². The molecule has 1 saturated carbocycles. The van der Waals surface area contributed by atoms with E-state index in [-0.39, 0.29) is 6.42 Å². The molecule has 8 atom stereocenters. The molecular formula is C52H98NO12P. The van der Waals surface area contributed by atoms with E-state index < -0.39 is 75.2 Å². The minimum absolute atomic E-state index is 0.253. The number of hydrogen-bond acceptors (Lipinski definition) is 11. The number of carbonyl (C=O) groups excluding carboxylic acids is 1. The average molecular weight is 960 g/mol. The summed E-state index contributed by atoms with van der Waals surface area (Å²) in [5, 5.41) is 74.7. The lowest BCUT2D eigenvalue weighted by atomic mass is 9.85. The number of allylic oxidation sites excluding steroid dienone is 5. The van der Waals surface area contributed by atoms with Gasteiger partial charge in [-0.2, -0.15) is 0 Å². The molecule has 388 valence electrons. The summed E-state index contributed by atoms with van der Waals surface area (Å²) >= 11 is 0. The van der Waals surface area contributed by atoms with Crippen LogP contribution in [0.3, 0.4) is 0 Å². The molecular weight excluding hydrogens is 862 g/mol. The molecule has 1 fully saturated rings. The zero-order chi connectivity index (χ0) is 48.7. The van der Waals surface area contributed by atoms with Gasteiger partial charge in [-0.3, -0.25) is 13.8 Å². The monoisotopic (exact) mass is 960 g/mol. The summed E-state index contributed by atoms with van der Waals surface area (Å²) in [6.07, 6.45) is 35.2. The van der Waals surface area contributed by atoms with Crippen LogP contribution in [-0.2, 0) is 18.4 Å². The van der Waals surface area contributed by atoms with Gasteiger partial charge in [-0.05, 0) is 44.9 Å². The maximum atomic E-state index is 13.0. The number of phosphoric ester groups is 1. The molecule has 9 N–H and O–H groups in total. The van der Waals surface area contributed by atoms with Crippen molar-refractivity contribution in [2.75, 3.05) is 6.61 Å². The van der Waals surface area contributed by atoms with E-state index in [0.29, 0.717) is 19.3 Å². The topological polar surface area (TPSA) is 226 Å². The van der Waals surface area contributed by atoms with Crippen LogP contribution in [0.4, 0.5) is 0 Å². The first kappa shape index (κ1) is 62.5. The molecule has 0 saturated heterocycles. The van der Waals surface area contributed by atoms with Gasteiger partial charge in [0.05, 0.1) is 31.3 Å². The highest BCUT2D eigenvalue weighted by Gasteiger charge is 2.51. The molecule has 0 aromatic rings. The van der Waals surface area contributed by atoms with Crippen LogP contribution in [0.25, 0.3) is 0 Å². The van der Waals surface area contributed by atoms with Crippen LogP contribution < -0.4 is 5.32 Å². The number of rotatable bonds is 44. The maximum absolute atomic E-state index is 13.0. The lowest BCUT2D eigenvalue weighted by Gasteiger charge is -2.41. The van der Waals surface area contributed by atoms with Crippen molar-refractivity contribution in [2.45, 2.75) is 281 Å². The number of carbonyl (C=O) groups is 1. The molecule has 0 spiro atoms. The first-order chi connectivity index (χ1) is 31.8. The second kappa shape index (κ2) is 41.3. The molecule has 1 rings (SSSR count). The third-order valence-electron chi connectivity index (χ3n) is 12.7. The Morgan fingerprint density at radius 2 is 0.894 bits per heavy atom. The van der Waals surface area contributed by atoms with E-state index >= 15 is 0 Å². The number of unbranched alkanes of at least 4 members (excludes halogenated alkanes) is 27. The first-order valence-corrected chi connectivity index (χ1v) is 28.0. The Bertz CT molecular complexity index is 1270. The Hall–Kier alpha value is -1.48. The Morgan fingerprint density at radius 3 is 1.33 bits per heavy atom. The first-order valence-electron chi connectivity index (χ1n) is 26.5. The standard InChI is InChI=1S/C52H98NO12P/c1-3-5-7-9-11-13-15-17-19-20-21-22-23-24-26-28-30-32-34-36-38-40-45(55)44(42-64-66(62,63)65-52-50(60)48(58)47(57)49(59)51(52)61)53-46(56)41-43(54)39-37-35-33-31-29-27-25-18-16-14-12-10-8-6-4-2/h23-24,30,32,38,40,43-45,47-52,54-55,57-61H,3-22,25-29,31,33-37,39,41-42H2,1-2H3,(H,53,56)(H,62,63)/b24-23+,32-30+,40-38+. The van der Waals surface area contributed by atoms with Crippen molar-refractivity contribution < 1.29 is 59.0 Å². The van der Waals surface area contributed by atoms with Crippen molar-refractivity contribution in [1.29, 1.82) is 0 Å². The van der Waals surface area contributed by atoms with Gasteiger partial charge >= 0.3 is 7.82 Å². The molecule has 1 amide bonds. The van der Waals surface area contributed by atoms with Crippen molar-refractivity contribution in [3.8, 4) is 0 Å². The lowest BCUT2D eigenvalue weighted by Crippen LogP contribution is -2.64. The molecule has 0 heterocycles. The van der Waals surface area contributed by atoms with Crippen LogP contribution >= 0.6 is 7.82 Å². The Balaban J connectivity index is 2.51. The highest BCUT2D eigenvalue weighted by molar-refractivity contribution is 7.47. The largest absolute Gasteiger partial charge is 0.472 e. The number of amides is 1. The van der Waals surface area contributed by atoms with Crippen molar-refractivity contribution in [1.82, 2.24) is 5.32 Å². The fourth-order valence-electron chi connectivity index (χ4n) is 8.39. The summed E-state index contributed by atoms with van der Waals surface area (Å²) in [5.41, 5.74) is 0. The minimum Gasteiger partial charge on any atom is -0.393 e. The van der Waals surface area contributed by atoms with Gasteiger partial charge in [0, 0.05) is 0 Å². The van der Waals surface area contributed by atoms with Crippen LogP contribution in [0.15, 0.2) is 36.5 Å². The van der Waals surface area contributed by atoms with Crippen LogP contribution in [0.1, 0.15) is 226 Å². The van der Waals surface area contributed by atoms with E-state index in [1.165, 1.54) is 147 Å². The van der Waals surface area contributed by atoms with Gasteiger partial charge in [0.2, 0.25) is 5.91 Å². The molecule has 8 unspecified atom stereocenters. The molecule has 66 heavy (non-hydrogen) atoms. The molecule has 1 aliphatic carbocycles. The predicted octanol–water partition coefficient (Wildman–Crippen LogP) is 10.1. The fraction of sp³-hybridized carbons (Fsp3) is 0.865. The number of aliphatic hydroxyl groups excluding tert-OH is 7. The summed E-state index contributed by atoms with van der Waals surface area (Å²) in [7, 11) is -5.16. The van der Waals surface area contributed by atoms with Crippen LogP contribution in [0, 0.1) is 0 Å². The second-order valence-electron chi connectivity index (χ2n) is 18.9. The van der Waals surface area contributed by atoms with E-state index in [9.17, 15) is 50.0 Å². The van der Waals surface area contributed by atoms with E-state index in [4.69, 9.17) is 9.05 Å². The van der Waals surface area contributed by atoms with E-state index in [0.717, 1.165) is 44.9 Å². The molecule has 1 aliphatic rings. The fourth-order valence-corrected chi connectivity index (χ4v) is 9.36. The lowest BCUT2D eigenvalue weighted by molar-refractivity contribution is -0.220. The van der Waals surface area contributed by atoms with Crippen molar-refractivity contribution in [3.05, 3.63) is 36.5 Å². The van der Waals surface area contributed by atoms with Gasteiger partial charge in [0.25, 0.3) is 0 Å². The summed E-state index contributed by atoms with van der Waals surface area (Å²) in [6, 6.07) is -1.26. The Morgan fingerprint density at radius 1 is 0.530 bits per heavy atom. The predicted molar refractivity (Wildman–Crippen MR) is 266 cm³/mol. The molecule has 0 aromatic heterocycles. The van der Waals surface area contributed by atoms with E-state index in [1.54, 1.807) is 6.08 Å². The van der Waals surface area contributed by atoms with Crippen LogP contribution in [0.5, 0.6) is 0 Å². The smallest absolute Gasteiger partial charge is 0.393 e. The molecule has 0 bridgehead atoms. The third kappa shape index (κ3) is 32.4. The van der Waals surface area contributed by atoms with Crippen molar-refractivity contribution in [2.24, 2.45) is 0 Å². The zero-order valence-corrected chi connectivity index (χ0v) is 42.3. The van der Waals surface area contributed by atoms with E-state index in [2.05, 4.69) is 43.5 Å². The molecule has 0 aromatic carbocycles. The SMILES string of the molecule is CCCCCCCCCCCCC/C=C/CC/C=C/CC/C=C/C(O)C(COP(=O)(O)OC1C(O)C(O)C(O)C(O)C1O)NC(=O)CC(O)CCCCCCCCCCCCCCCCC.